The lowest BCUT2D eigenvalue weighted by Crippen LogP contribution is -2.36. The molecule has 2 aromatic rings. The van der Waals surface area contributed by atoms with E-state index in [4.69, 9.17) is 4.74 Å². The molecule has 27 heavy (non-hydrogen) atoms. The van der Waals surface area contributed by atoms with E-state index in [1.807, 2.05) is 20.8 Å². The second-order valence-corrected chi connectivity index (χ2v) is 8.67. The first-order valence-corrected chi connectivity index (χ1v) is 10.1. The first-order chi connectivity index (χ1) is 12.7. The molecule has 2 rings (SSSR count). The van der Waals surface area contributed by atoms with Crippen LogP contribution >= 0.6 is 0 Å². The van der Waals surface area contributed by atoms with E-state index in [2.05, 4.69) is 5.32 Å². The van der Waals surface area contributed by atoms with Crippen LogP contribution in [0.5, 0.6) is 5.75 Å². The fourth-order valence-corrected chi connectivity index (χ4v) is 3.59. The van der Waals surface area contributed by atoms with E-state index in [1.165, 1.54) is 23.5 Å². The largest absolute Gasteiger partial charge is 0.497 e. The summed E-state index contributed by atoms with van der Waals surface area (Å²) < 4.78 is 32.2. The molecule has 0 bridgehead atoms. The van der Waals surface area contributed by atoms with Crippen molar-refractivity contribution in [2.24, 2.45) is 5.92 Å². The van der Waals surface area contributed by atoms with E-state index < -0.39 is 10.0 Å². The highest BCUT2D eigenvalue weighted by Gasteiger charge is 2.23. The van der Waals surface area contributed by atoms with Crippen LogP contribution in [0.3, 0.4) is 0 Å². The van der Waals surface area contributed by atoms with Crippen molar-refractivity contribution < 1.29 is 17.9 Å². The first kappa shape index (κ1) is 20.8. The predicted octanol–water partition coefficient (Wildman–Crippen LogP) is 3.29. The van der Waals surface area contributed by atoms with Gasteiger partial charge in [-0.2, -0.15) is 0 Å². The topological polar surface area (TPSA) is 75.7 Å². The molecule has 0 aliphatic carbocycles. The van der Waals surface area contributed by atoms with Crippen LogP contribution in [0.15, 0.2) is 53.4 Å². The maximum absolute atomic E-state index is 13.0. The highest BCUT2D eigenvalue weighted by atomic mass is 32.2. The summed E-state index contributed by atoms with van der Waals surface area (Å²) in [6.07, 6.45) is 0. The smallest absolute Gasteiger partial charge is 0.264 e. The van der Waals surface area contributed by atoms with Gasteiger partial charge in [-0.1, -0.05) is 19.9 Å². The fraction of sp³-hybridized carbons (Fsp3) is 0.350. The van der Waals surface area contributed by atoms with Gasteiger partial charge in [0, 0.05) is 18.7 Å². The maximum Gasteiger partial charge on any atom is 0.264 e. The first-order valence-electron chi connectivity index (χ1n) is 8.70. The van der Waals surface area contributed by atoms with Crippen molar-refractivity contribution in [3.05, 3.63) is 54.1 Å². The van der Waals surface area contributed by atoms with Crippen molar-refractivity contribution >= 4 is 21.6 Å². The Kier molecular flexibility index (Phi) is 6.49. The minimum Gasteiger partial charge on any atom is -0.497 e. The van der Waals surface area contributed by atoms with Crippen LogP contribution in [0.1, 0.15) is 31.1 Å². The fourth-order valence-electron chi connectivity index (χ4n) is 2.34. The highest BCUT2D eigenvalue weighted by molar-refractivity contribution is 7.92. The van der Waals surface area contributed by atoms with Gasteiger partial charge >= 0.3 is 0 Å². The SMILES string of the molecule is COc1ccc(N(C)S(=O)(=O)c2cccc(C(=O)NC(C)C(C)C)c2)cc1. The molecule has 1 atom stereocenters. The van der Waals surface area contributed by atoms with Crippen molar-refractivity contribution in [2.75, 3.05) is 18.5 Å². The number of hydrogen-bond donors (Lipinski definition) is 1. The Morgan fingerprint density at radius 1 is 1.07 bits per heavy atom. The maximum atomic E-state index is 13.0. The van der Waals surface area contributed by atoms with Crippen LogP contribution in [0.25, 0.3) is 0 Å². The molecule has 0 spiro atoms. The Bertz CT molecular complexity index is 892. The van der Waals surface area contributed by atoms with E-state index in [0.29, 0.717) is 17.0 Å². The van der Waals surface area contributed by atoms with Crippen LogP contribution in [-0.4, -0.2) is 34.5 Å². The number of carbonyl (C=O) groups is 1. The third-order valence-corrected chi connectivity index (χ3v) is 6.33. The molecule has 0 fully saturated rings. The summed E-state index contributed by atoms with van der Waals surface area (Å²) in [4.78, 5) is 12.5. The summed E-state index contributed by atoms with van der Waals surface area (Å²) in [6.45, 7) is 5.94. The molecule has 1 N–H and O–H groups in total. The Morgan fingerprint density at radius 2 is 1.70 bits per heavy atom. The van der Waals surface area contributed by atoms with Crippen molar-refractivity contribution in [2.45, 2.75) is 31.7 Å². The van der Waals surface area contributed by atoms with Crippen LogP contribution in [0.4, 0.5) is 5.69 Å². The Morgan fingerprint density at radius 3 is 2.26 bits per heavy atom. The molecule has 0 saturated carbocycles. The highest BCUT2D eigenvalue weighted by Crippen LogP contribution is 2.24. The minimum absolute atomic E-state index is 0.0141. The molecule has 0 heterocycles. The predicted molar refractivity (Wildman–Crippen MR) is 107 cm³/mol. The van der Waals surface area contributed by atoms with Crippen molar-refractivity contribution in [3.63, 3.8) is 0 Å². The van der Waals surface area contributed by atoms with Crippen LogP contribution in [-0.2, 0) is 10.0 Å². The zero-order valence-corrected chi connectivity index (χ0v) is 17.1. The van der Waals surface area contributed by atoms with E-state index in [0.717, 1.165) is 0 Å². The Labute approximate surface area is 161 Å². The van der Waals surface area contributed by atoms with E-state index in [9.17, 15) is 13.2 Å². The quantitative estimate of drug-likeness (QED) is 0.787. The standard InChI is InChI=1S/C20H26N2O4S/c1-14(2)15(3)21-20(23)16-7-6-8-19(13-16)27(24,25)22(4)17-9-11-18(26-5)12-10-17/h6-15H,1-5H3,(H,21,23). The average Bonchev–Trinajstić information content (AvgIpc) is 2.67. The number of amides is 1. The van der Waals surface area contributed by atoms with E-state index in [1.54, 1.807) is 43.5 Å². The monoisotopic (exact) mass is 390 g/mol. The zero-order chi connectivity index (χ0) is 20.2. The number of ether oxygens (including phenoxy) is 1. The molecule has 2 aromatic carbocycles. The van der Waals surface area contributed by atoms with Crippen LogP contribution in [0.2, 0.25) is 0 Å². The van der Waals surface area contributed by atoms with Gasteiger partial charge in [0.15, 0.2) is 0 Å². The molecule has 0 saturated heterocycles. The number of nitrogens with one attached hydrogen (secondary N) is 1. The van der Waals surface area contributed by atoms with Gasteiger partial charge in [-0.05, 0) is 55.3 Å². The number of anilines is 1. The van der Waals surface area contributed by atoms with Gasteiger partial charge in [0.25, 0.3) is 15.9 Å². The molecule has 6 nitrogen and oxygen atoms in total. The number of rotatable bonds is 7. The van der Waals surface area contributed by atoms with E-state index in [-0.39, 0.29) is 22.8 Å². The summed E-state index contributed by atoms with van der Waals surface area (Å²) in [5, 5.41) is 2.89. The van der Waals surface area contributed by atoms with Crippen LogP contribution in [0, 0.1) is 5.92 Å². The van der Waals surface area contributed by atoms with Crippen molar-refractivity contribution in [1.29, 1.82) is 0 Å². The van der Waals surface area contributed by atoms with Gasteiger partial charge in [0.2, 0.25) is 0 Å². The van der Waals surface area contributed by atoms with E-state index >= 15 is 0 Å². The molecular formula is C20H26N2O4S. The Balaban J connectivity index is 2.29. The lowest BCUT2D eigenvalue weighted by molar-refractivity contribution is 0.0930. The second-order valence-electron chi connectivity index (χ2n) is 6.70. The third kappa shape index (κ3) is 4.80. The molecule has 0 aliphatic rings. The summed E-state index contributed by atoms with van der Waals surface area (Å²) in [7, 11) is -0.775. The van der Waals surface area contributed by atoms with Gasteiger partial charge in [0.1, 0.15) is 5.75 Å². The Hall–Kier alpha value is -2.54. The number of nitrogens with zero attached hydrogens (tertiary/aromatic N) is 1. The zero-order valence-electron chi connectivity index (χ0n) is 16.3. The molecule has 1 unspecified atom stereocenters. The normalized spacial score (nSPS) is 12.5. The molecule has 0 radical (unpaired) electrons. The summed E-state index contributed by atoms with van der Waals surface area (Å²) in [6, 6.07) is 12.8. The molecule has 0 aromatic heterocycles. The van der Waals surface area contributed by atoms with Gasteiger partial charge in [-0.15, -0.1) is 0 Å². The summed E-state index contributed by atoms with van der Waals surface area (Å²) in [5.74, 6) is 0.630. The van der Waals surface area contributed by atoms with Gasteiger partial charge < -0.3 is 10.1 Å². The number of carbonyl (C=O) groups excluding carboxylic acids is 1. The molecule has 7 heteroatoms. The second kappa shape index (κ2) is 8.43. The number of hydrogen-bond acceptors (Lipinski definition) is 4. The molecule has 1 amide bonds. The molecule has 146 valence electrons. The van der Waals surface area contributed by atoms with Crippen molar-refractivity contribution in [3.8, 4) is 5.75 Å². The summed E-state index contributed by atoms with van der Waals surface area (Å²) >= 11 is 0. The van der Waals surface area contributed by atoms with Crippen molar-refractivity contribution in [1.82, 2.24) is 5.32 Å². The summed E-state index contributed by atoms with van der Waals surface area (Å²) in [5.41, 5.74) is 0.811. The lowest BCUT2D eigenvalue weighted by atomic mass is 10.1. The number of benzene rings is 2. The van der Waals surface area contributed by atoms with Gasteiger partial charge in [-0.3, -0.25) is 9.10 Å². The minimum atomic E-state index is -3.80. The van der Waals surface area contributed by atoms with Gasteiger partial charge in [0.05, 0.1) is 17.7 Å². The number of sulfonamides is 1. The number of methoxy groups -OCH3 is 1. The molecule has 0 aliphatic heterocycles. The van der Waals surface area contributed by atoms with Crippen LogP contribution < -0.4 is 14.4 Å². The van der Waals surface area contributed by atoms with Gasteiger partial charge in [-0.25, -0.2) is 8.42 Å². The average molecular weight is 391 g/mol. The lowest BCUT2D eigenvalue weighted by Gasteiger charge is -2.21. The third-order valence-electron chi connectivity index (χ3n) is 4.55. The molecular weight excluding hydrogens is 364 g/mol.